The predicted molar refractivity (Wildman–Crippen MR) is 67.0 cm³/mol. The van der Waals surface area contributed by atoms with Crippen molar-refractivity contribution in [2.24, 2.45) is 0 Å². The second kappa shape index (κ2) is 5.91. The Morgan fingerprint density at radius 1 is 1.48 bits per heavy atom. The van der Waals surface area contributed by atoms with Crippen molar-refractivity contribution in [2.45, 2.75) is 11.8 Å². The molecular formula is C10H8F2N4O4S. The Balaban J connectivity index is 2.53. The van der Waals surface area contributed by atoms with Gasteiger partial charge in [0.25, 0.3) is 0 Å². The van der Waals surface area contributed by atoms with Crippen LogP contribution in [0.2, 0.25) is 0 Å². The highest BCUT2D eigenvalue weighted by Gasteiger charge is 2.20. The molecule has 1 aromatic carbocycles. The zero-order valence-electron chi connectivity index (χ0n) is 10.5. The van der Waals surface area contributed by atoms with Gasteiger partial charge in [-0.15, -0.1) is 10.2 Å². The van der Waals surface area contributed by atoms with Gasteiger partial charge in [0.1, 0.15) is 6.33 Å². The molecule has 0 saturated heterocycles. The molecular weight excluding hydrogens is 310 g/mol. The number of benzene rings is 1. The number of hydrogen-bond acceptors (Lipinski definition) is 6. The summed E-state index contributed by atoms with van der Waals surface area (Å²) in [4.78, 5) is 9.94. The maximum absolute atomic E-state index is 12.3. The van der Waals surface area contributed by atoms with Gasteiger partial charge < -0.3 is 4.74 Å². The van der Waals surface area contributed by atoms with E-state index in [2.05, 4.69) is 14.9 Å². The van der Waals surface area contributed by atoms with Crippen LogP contribution >= 0.6 is 0 Å². The second-order valence-electron chi connectivity index (χ2n) is 3.73. The largest absolute Gasteiger partial charge is 0.427 e. The van der Waals surface area contributed by atoms with E-state index in [-0.39, 0.29) is 10.8 Å². The molecule has 0 aliphatic heterocycles. The number of nitrogens with zero attached hydrogens (tertiary/aromatic N) is 4. The van der Waals surface area contributed by atoms with Crippen molar-refractivity contribution >= 4 is 16.5 Å². The molecule has 21 heavy (non-hydrogen) atoms. The third-order valence-electron chi connectivity index (χ3n) is 2.41. The average molecular weight is 318 g/mol. The van der Waals surface area contributed by atoms with Gasteiger partial charge in [-0.1, -0.05) is 0 Å². The summed E-state index contributed by atoms with van der Waals surface area (Å²) in [5.74, 6) is -0.603. The van der Waals surface area contributed by atoms with E-state index in [4.69, 9.17) is 0 Å². The van der Waals surface area contributed by atoms with E-state index < -0.39 is 33.8 Å². The first-order valence-electron chi connectivity index (χ1n) is 5.37. The summed E-state index contributed by atoms with van der Waals surface area (Å²) < 4.78 is 41.5. The number of nitro groups is 1. The predicted octanol–water partition coefficient (Wildman–Crippen LogP) is 1.51. The SMILES string of the molecule is C[S@@](=O)c1nncn1-c1ccc([N+](=O)[O-])c(OC(F)F)c1. The molecule has 1 heterocycles. The Labute approximate surface area is 119 Å². The summed E-state index contributed by atoms with van der Waals surface area (Å²) in [6, 6.07) is 3.33. The molecule has 11 heteroatoms. The number of rotatable bonds is 5. The van der Waals surface area contributed by atoms with Crippen molar-refractivity contribution in [2.75, 3.05) is 6.26 Å². The number of hydrogen-bond donors (Lipinski definition) is 0. The topological polar surface area (TPSA) is 100 Å². The Morgan fingerprint density at radius 2 is 2.19 bits per heavy atom. The van der Waals surface area contributed by atoms with Gasteiger partial charge in [-0.25, -0.2) is 0 Å². The van der Waals surface area contributed by atoms with Gasteiger partial charge in [0.2, 0.25) is 10.9 Å². The fourth-order valence-electron chi connectivity index (χ4n) is 1.59. The molecule has 0 bridgehead atoms. The van der Waals surface area contributed by atoms with Crippen LogP contribution in [0.25, 0.3) is 5.69 Å². The molecule has 0 N–H and O–H groups in total. The highest BCUT2D eigenvalue weighted by molar-refractivity contribution is 7.84. The Kier molecular flexibility index (Phi) is 4.21. The molecule has 0 fully saturated rings. The lowest BCUT2D eigenvalue weighted by Crippen LogP contribution is -2.07. The minimum Gasteiger partial charge on any atom is -0.427 e. The van der Waals surface area contributed by atoms with Gasteiger partial charge >= 0.3 is 12.3 Å². The Morgan fingerprint density at radius 3 is 2.76 bits per heavy atom. The molecule has 8 nitrogen and oxygen atoms in total. The van der Waals surface area contributed by atoms with Crippen LogP contribution in [0.4, 0.5) is 14.5 Å². The van der Waals surface area contributed by atoms with Crippen molar-refractivity contribution in [3.8, 4) is 11.4 Å². The minimum atomic E-state index is -3.21. The fraction of sp³-hybridized carbons (Fsp3) is 0.200. The van der Waals surface area contributed by atoms with Gasteiger partial charge in [-0.05, 0) is 6.07 Å². The minimum absolute atomic E-state index is 0.0758. The molecule has 0 radical (unpaired) electrons. The van der Waals surface area contributed by atoms with Crippen LogP contribution in [-0.2, 0) is 10.8 Å². The Bertz CT molecular complexity index is 706. The smallest absolute Gasteiger partial charge is 0.387 e. The lowest BCUT2D eigenvalue weighted by Gasteiger charge is -2.09. The van der Waals surface area contributed by atoms with Gasteiger partial charge in [0.15, 0.2) is 0 Å². The van der Waals surface area contributed by atoms with Gasteiger partial charge in [0.05, 0.1) is 21.4 Å². The Hall–Kier alpha value is -2.43. The summed E-state index contributed by atoms with van der Waals surface area (Å²) in [6.45, 7) is -3.21. The molecule has 0 amide bonds. The summed E-state index contributed by atoms with van der Waals surface area (Å²) >= 11 is 0. The van der Waals surface area contributed by atoms with Crippen LogP contribution in [0.15, 0.2) is 29.7 Å². The van der Waals surface area contributed by atoms with Crippen molar-refractivity contribution in [1.29, 1.82) is 0 Å². The summed E-state index contributed by atoms with van der Waals surface area (Å²) in [7, 11) is -1.47. The number of nitro benzene ring substituents is 1. The van der Waals surface area contributed by atoms with Crippen LogP contribution in [-0.4, -0.2) is 36.8 Å². The average Bonchev–Trinajstić information content (AvgIpc) is 2.86. The fourth-order valence-corrected chi connectivity index (χ4v) is 2.18. The molecule has 2 rings (SSSR count). The van der Waals surface area contributed by atoms with E-state index in [1.807, 2.05) is 0 Å². The van der Waals surface area contributed by atoms with Crippen molar-refractivity contribution < 1.29 is 22.6 Å². The maximum atomic E-state index is 12.3. The maximum Gasteiger partial charge on any atom is 0.387 e. The normalized spacial score (nSPS) is 12.4. The van der Waals surface area contributed by atoms with E-state index >= 15 is 0 Å². The summed E-state index contributed by atoms with van der Waals surface area (Å²) in [6.07, 6.45) is 2.58. The van der Waals surface area contributed by atoms with Crippen LogP contribution in [0.3, 0.4) is 0 Å². The van der Waals surface area contributed by atoms with E-state index in [0.717, 1.165) is 12.1 Å². The number of alkyl halides is 2. The first kappa shape index (κ1) is 15.0. The molecule has 1 atom stereocenters. The lowest BCUT2D eigenvalue weighted by atomic mass is 10.2. The first-order chi connectivity index (χ1) is 9.90. The van der Waals surface area contributed by atoms with Crippen LogP contribution in [0, 0.1) is 10.1 Å². The first-order valence-corrected chi connectivity index (χ1v) is 6.93. The quantitative estimate of drug-likeness (QED) is 0.612. The van der Waals surface area contributed by atoms with Crippen LogP contribution in [0.1, 0.15) is 0 Å². The van der Waals surface area contributed by atoms with Crippen molar-refractivity contribution in [3.63, 3.8) is 0 Å². The molecule has 0 saturated carbocycles. The molecule has 1 aromatic heterocycles. The van der Waals surface area contributed by atoms with Crippen molar-refractivity contribution in [3.05, 3.63) is 34.6 Å². The lowest BCUT2D eigenvalue weighted by molar-refractivity contribution is -0.386. The molecule has 0 aliphatic carbocycles. The summed E-state index contributed by atoms with van der Waals surface area (Å²) in [5.41, 5.74) is -0.391. The van der Waals surface area contributed by atoms with E-state index in [0.29, 0.717) is 0 Å². The molecule has 0 aliphatic rings. The zero-order valence-corrected chi connectivity index (χ0v) is 11.3. The number of ether oxygens (including phenoxy) is 1. The van der Waals surface area contributed by atoms with E-state index in [1.165, 1.54) is 23.2 Å². The van der Waals surface area contributed by atoms with Crippen LogP contribution in [0.5, 0.6) is 5.75 Å². The number of aromatic nitrogens is 3. The van der Waals surface area contributed by atoms with Gasteiger partial charge in [0, 0.05) is 18.4 Å². The standard InChI is InChI=1S/C10H8F2N4O4S/c1-21(19)10-14-13-5-15(10)6-2-3-7(16(17)18)8(4-6)20-9(11)12/h2-5,9H,1H3/t21-/m1/s1. The molecule has 112 valence electrons. The highest BCUT2D eigenvalue weighted by Crippen LogP contribution is 2.31. The monoisotopic (exact) mass is 318 g/mol. The second-order valence-corrected chi connectivity index (χ2v) is 5.00. The van der Waals surface area contributed by atoms with Gasteiger partial charge in [-0.2, -0.15) is 8.78 Å². The highest BCUT2D eigenvalue weighted by atomic mass is 32.2. The zero-order chi connectivity index (χ0) is 15.6. The third-order valence-corrected chi connectivity index (χ3v) is 3.20. The van der Waals surface area contributed by atoms with E-state index in [1.54, 1.807) is 0 Å². The van der Waals surface area contributed by atoms with Crippen LogP contribution < -0.4 is 4.74 Å². The molecule has 2 aromatic rings. The molecule has 0 spiro atoms. The van der Waals surface area contributed by atoms with Gasteiger partial charge in [-0.3, -0.25) is 18.9 Å². The van der Waals surface area contributed by atoms with E-state index in [9.17, 15) is 23.1 Å². The number of halogens is 2. The summed E-state index contributed by atoms with van der Waals surface area (Å²) in [5, 5.41) is 18.0. The third kappa shape index (κ3) is 3.18. The molecule has 0 unspecified atom stereocenters. The van der Waals surface area contributed by atoms with Crippen molar-refractivity contribution in [1.82, 2.24) is 14.8 Å².